The lowest BCUT2D eigenvalue weighted by atomic mass is 10.4. The summed E-state index contributed by atoms with van der Waals surface area (Å²) in [4.78, 5) is 4.11. The van der Waals surface area contributed by atoms with Crippen LogP contribution in [0.25, 0.3) is 0 Å². The maximum atomic E-state index is 11.7. The van der Waals surface area contributed by atoms with Crippen LogP contribution >= 0.6 is 0 Å². The van der Waals surface area contributed by atoms with Crippen LogP contribution in [-0.4, -0.2) is 34.7 Å². The lowest BCUT2D eigenvalue weighted by Crippen LogP contribution is -2.26. The molecule has 0 radical (unpaired) electrons. The standard InChI is InChI=1S/C9H13N5O2S/c1-14-7-6-10-8(14)2-5-12-17(15,16)9-3-4-11-13-9/h3-4,6-7,12H,2,5H2,1H3,(H,11,13). The first-order valence-corrected chi connectivity index (χ1v) is 6.53. The highest BCUT2D eigenvalue weighted by molar-refractivity contribution is 7.89. The van der Waals surface area contributed by atoms with Crippen LogP contribution in [0.2, 0.25) is 0 Å². The van der Waals surface area contributed by atoms with Crippen molar-refractivity contribution < 1.29 is 8.42 Å². The van der Waals surface area contributed by atoms with E-state index in [0.717, 1.165) is 5.82 Å². The van der Waals surface area contributed by atoms with Gasteiger partial charge in [-0.15, -0.1) is 0 Å². The topological polar surface area (TPSA) is 92.7 Å². The molecule has 17 heavy (non-hydrogen) atoms. The molecule has 2 heterocycles. The van der Waals surface area contributed by atoms with Gasteiger partial charge in [-0.25, -0.2) is 18.1 Å². The minimum absolute atomic E-state index is 0.0670. The van der Waals surface area contributed by atoms with Crippen LogP contribution in [0, 0.1) is 0 Å². The van der Waals surface area contributed by atoms with E-state index in [2.05, 4.69) is 19.9 Å². The zero-order valence-corrected chi connectivity index (χ0v) is 10.1. The molecule has 0 saturated carbocycles. The molecule has 0 spiro atoms. The second-order valence-electron chi connectivity index (χ2n) is 3.52. The van der Waals surface area contributed by atoms with E-state index in [1.807, 2.05) is 17.8 Å². The molecule has 0 aliphatic carbocycles. The van der Waals surface area contributed by atoms with Crippen molar-refractivity contribution in [3.8, 4) is 0 Å². The van der Waals surface area contributed by atoms with Crippen molar-refractivity contribution in [2.45, 2.75) is 11.4 Å². The van der Waals surface area contributed by atoms with E-state index in [0.29, 0.717) is 13.0 Å². The lowest BCUT2D eigenvalue weighted by molar-refractivity contribution is 0.575. The minimum atomic E-state index is -3.49. The van der Waals surface area contributed by atoms with E-state index in [1.54, 1.807) is 6.20 Å². The Kier molecular flexibility index (Phi) is 3.25. The molecule has 2 aromatic rings. The number of aromatic amines is 1. The summed E-state index contributed by atoms with van der Waals surface area (Å²) >= 11 is 0. The third kappa shape index (κ3) is 2.71. The van der Waals surface area contributed by atoms with Gasteiger partial charge in [-0.3, -0.25) is 5.10 Å². The van der Waals surface area contributed by atoms with Gasteiger partial charge in [0, 0.05) is 32.4 Å². The van der Waals surface area contributed by atoms with E-state index in [1.165, 1.54) is 12.3 Å². The van der Waals surface area contributed by atoms with E-state index in [-0.39, 0.29) is 5.03 Å². The predicted octanol–water partition coefficient (Wildman–Crippen LogP) is -0.336. The van der Waals surface area contributed by atoms with E-state index in [4.69, 9.17) is 0 Å². The molecule has 0 saturated heterocycles. The maximum absolute atomic E-state index is 11.7. The number of hydrogen-bond acceptors (Lipinski definition) is 4. The minimum Gasteiger partial charge on any atom is -0.338 e. The highest BCUT2D eigenvalue weighted by Gasteiger charge is 2.14. The fraction of sp³-hybridized carbons (Fsp3) is 0.333. The number of rotatable bonds is 5. The second kappa shape index (κ2) is 4.68. The molecule has 0 amide bonds. The van der Waals surface area contributed by atoms with Crippen molar-refractivity contribution in [3.63, 3.8) is 0 Å². The molecule has 2 aromatic heterocycles. The Bertz CT molecular complexity index is 572. The Balaban J connectivity index is 1.93. The number of H-pyrrole nitrogens is 1. The van der Waals surface area contributed by atoms with Crippen LogP contribution in [0.15, 0.2) is 29.7 Å². The first kappa shape index (κ1) is 11.8. The molecule has 0 aromatic carbocycles. The predicted molar refractivity (Wildman–Crippen MR) is 60.7 cm³/mol. The molecule has 2 N–H and O–H groups in total. The monoisotopic (exact) mass is 255 g/mol. The summed E-state index contributed by atoms with van der Waals surface area (Å²) in [5.74, 6) is 0.831. The van der Waals surface area contributed by atoms with Crippen molar-refractivity contribution >= 4 is 10.0 Å². The van der Waals surface area contributed by atoms with Crippen LogP contribution < -0.4 is 4.72 Å². The van der Waals surface area contributed by atoms with Gasteiger partial charge < -0.3 is 4.57 Å². The largest absolute Gasteiger partial charge is 0.338 e. The molecular weight excluding hydrogens is 242 g/mol. The Morgan fingerprint density at radius 3 is 2.88 bits per heavy atom. The van der Waals surface area contributed by atoms with Crippen molar-refractivity contribution in [3.05, 3.63) is 30.5 Å². The number of imidazole rings is 1. The average molecular weight is 255 g/mol. The first-order chi connectivity index (χ1) is 8.09. The van der Waals surface area contributed by atoms with Crippen molar-refractivity contribution in [1.29, 1.82) is 0 Å². The lowest BCUT2D eigenvalue weighted by Gasteiger charge is -2.04. The fourth-order valence-electron chi connectivity index (χ4n) is 1.41. The summed E-state index contributed by atoms with van der Waals surface area (Å²) in [5.41, 5.74) is 0. The van der Waals surface area contributed by atoms with Gasteiger partial charge in [0.2, 0.25) is 0 Å². The Morgan fingerprint density at radius 1 is 1.47 bits per heavy atom. The SMILES string of the molecule is Cn1ccnc1CCNS(=O)(=O)c1ccn[nH]1. The van der Waals surface area contributed by atoms with E-state index >= 15 is 0 Å². The van der Waals surface area contributed by atoms with Crippen LogP contribution in [0.5, 0.6) is 0 Å². The zero-order chi connectivity index (χ0) is 12.3. The molecule has 8 heteroatoms. The van der Waals surface area contributed by atoms with Crippen LogP contribution in [0.1, 0.15) is 5.82 Å². The smallest absolute Gasteiger partial charge is 0.257 e. The molecular formula is C9H13N5O2S. The van der Waals surface area contributed by atoms with E-state index < -0.39 is 10.0 Å². The maximum Gasteiger partial charge on any atom is 0.257 e. The molecule has 0 aliphatic rings. The average Bonchev–Trinajstić information content (AvgIpc) is 2.90. The number of aryl methyl sites for hydroxylation is 1. The Hall–Kier alpha value is -1.67. The third-order valence-corrected chi connectivity index (χ3v) is 3.72. The van der Waals surface area contributed by atoms with Gasteiger partial charge in [0.05, 0.1) is 6.20 Å². The number of aromatic nitrogens is 4. The molecule has 0 fully saturated rings. The van der Waals surface area contributed by atoms with Gasteiger partial charge in [0.25, 0.3) is 10.0 Å². The molecule has 2 rings (SSSR count). The second-order valence-corrected chi connectivity index (χ2v) is 5.26. The molecule has 0 bridgehead atoms. The summed E-state index contributed by atoms with van der Waals surface area (Å²) in [6.45, 7) is 0.298. The summed E-state index contributed by atoms with van der Waals surface area (Å²) < 4.78 is 27.7. The van der Waals surface area contributed by atoms with Crippen LogP contribution in [0.4, 0.5) is 0 Å². The summed E-state index contributed by atoms with van der Waals surface area (Å²) in [6.07, 6.45) is 5.43. The third-order valence-electron chi connectivity index (χ3n) is 2.33. The zero-order valence-electron chi connectivity index (χ0n) is 9.29. The molecule has 0 aliphatic heterocycles. The van der Waals surface area contributed by atoms with Crippen LogP contribution in [-0.2, 0) is 23.5 Å². The van der Waals surface area contributed by atoms with Gasteiger partial charge >= 0.3 is 0 Å². The summed E-state index contributed by atoms with van der Waals surface area (Å²) in [7, 11) is -1.62. The molecule has 7 nitrogen and oxygen atoms in total. The molecule has 92 valence electrons. The van der Waals surface area contributed by atoms with Crippen molar-refractivity contribution in [1.82, 2.24) is 24.5 Å². The van der Waals surface area contributed by atoms with Gasteiger partial charge in [0.1, 0.15) is 5.82 Å². The first-order valence-electron chi connectivity index (χ1n) is 5.05. The number of sulfonamides is 1. The van der Waals surface area contributed by atoms with E-state index in [9.17, 15) is 8.42 Å². The highest BCUT2D eigenvalue weighted by Crippen LogP contribution is 2.02. The normalized spacial score (nSPS) is 11.8. The van der Waals surface area contributed by atoms with Crippen molar-refractivity contribution in [2.75, 3.05) is 6.54 Å². The fourth-order valence-corrected chi connectivity index (χ4v) is 2.34. The number of hydrogen-bond donors (Lipinski definition) is 2. The highest BCUT2D eigenvalue weighted by atomic mass is 32.2. The number of nitrogens with zero attached hydrogens (tertiary/aromatic N) is 3. The number of nitrogens with one attached hydrogen (secondary N) is 2. The summed E-state index contributed by atoms with van der Waals surface area (Å²) in [5, 5.41) is 6.08. The van der Waals surface area contributed by atoms with Gasteiger partial charge in [-0.2, -0.15) is 5.10 Å². The molecule has 0 unspecified atom stereocenters. The summed E-state index contributed by atoms with van der Waals surface area (Å²) in [6, 6.07) is 1.41. The molecule has 0 atom stereocenters. The van der Waals surface area contributed by atoms with Gasteiger partial charge in [-0.1, -0.05) is 0 Å². The van der Waals surface area contributed by atoms with Gasteiger partial charge in [0.15, 0.2) is 5.03 Å². The quantitative estimate of drug-likeness (QED) is 0.764. The van der Waals surface area contributed by atoms with Gasteiger partial charge in [-0.05, 0) is 6.07 Å². The Morgan fingerprint density at radius 2 is 2.29 bits per heavy atom. The van der Waals surface area contributed by atoms with Crippen molar-refractivity contribution in [2.24, 2.45) is 7.05 Å². The van der Waals surface area contributed by atoms with Crippen LogP contribution in [0.3, 0.4) is 0 Å². The Labute approximate surface area is 98.9 Å².